The Morgan fingerprint density at radius 2 is 2.10 bits per heavy atom. The molecule has 104 valence electrons. The molecule has 1 fully saturated rings. The van der Waals surface area contributed by atoms with E-state index in [1.165, 1.54) is 17.7 Å². The predicted molar refractivity (Wildman–Crippen MR) is 85.1 cm³/mol. The molecule has 4 rings (SSSR count). The van der Waals surface area contributed by atoms with Crippen LogP contribution in [-0.2, 0) is 12.8 Å². The molecule has 1 saturated carbocycles. The molecule has 1 heterocycles. The van der Waals surface area contributed by atoms with Crippen LogP contribution < -0.4 is 5.73 Å². The summed E-state index contributed by atoms with van der Waals surface area (Å²) in [4.78, 5) is 1.48. The smallest absolute Gasteiger partial charge is 0.00794 e. The van der Waals surface area contributed by atoms with E-state index in [0.717, 1.165) is 30.6 Å². The van der Waals surface area contributed by atoms with Crippen molar-refractivity contribution in [2.24, 2.45) is 17.6 Å². The summed E-state index contributed by atoms with van der Waals surface area (Å²) < 4.78 is 0. The van der Waals surface area contributed by atoms with Crippen LogP contribution in [-0.4, -0.2) is 6.04 Å². The van der Waals surface area contributed by atoms with Gasteiger partial charge >= 0.3 is 0 Å². The Morgan fingerprint density at radius 3 is 2.95 bits per heavy atom. The van der Waals surface area contributed by atoms with E-state index in [0.29, 0.717) is 6.04 Å². The third kappa shape index (κ3) is 2.11. The summed E-state index contributed by atoms with van der Waals surface area (Å²) >= 11 is 1.86. The highest BCUT2D eigenvalue weighted by molar-refractivity contribution is 7.09. The monoisotopic (exact) mass is 283 g/mol. The Morgan fingerprint density at radius 1 is 1.20 bits per heavy atom. The van der Waals surface area contributed by atoms with Gasteiger partial charge in [0.05, 0.1) is 0 Å². The van der Waals surface area contributed by atoms with Gasteiger partial charge in [-0.15, -0.1) is 11.3 Å². The molecular formula is C18H21NS. The highest BCUT2D eigenvalue weighted by Gasteiger charge is 2.55. The van der Waals surface area contributed by atoms with Crippen molar-refractivity contribution in [3.8, 4) is 0 Å². The lowest BCUT2D eigenvalue weighted by atomic mass is 9.92. The number of benzene rings is 1. The molecule has 2 heteroatoms. The summed E-state index contributed by atoms with van der Waals surface area (Å²) in [5, 5.41) is 2.16. The molecule has 20 heavy (non-hydrogen) atoms. The van der Waals surface area contributed by atoms with Crippen molar-refractivity contribution in [2.75, 3.05) is 0 Å². The first-order chi connectivity index (χ1) is 9.84. The number of hydrogen-bond acceptors (Lipinski definition) is 2. The third-order valence-corrected chi connectivity index (χ3v) is 6.13. The molecule has 2 aromatic rings. The maximum Gasteiger partial charge on any atom is 0.00794 e. The fourth-order valence-corrected chi connectivity index (χ4v) is 4.88. The lowest BCUT2D eigenvalue weighted by Gasteiger charge is -2.13. The summed E-state index contributed by atoms with van der Waals surface area (Å²) in [7, 11) is 0. The van der Waals surface area contributed by atoms with Gasteiger partial charge in [-0.25, -0.2) is 0 Å². The molecule has 0 saturated heterocycles. The summed E-state index contributed by atoms with van der Waals surface area (Å²) in [6, 6.07) is 13.7. The minimum atomic E-state index is 0.373. The van der Waals surface area contributed by atoms with Gasteiger partial charge in [-0.3, -0.25) is 0 Å². The first kappa shape index (κ1) is 12.6. The second-order valence-electron chi connectivity index (χ2n) is 6.29. The summed E-state index contributed by atoms with van der Waals surface area (Å²) in [6.45, 7) is 0. The lowest BCUT2D eigenvalue weighted by molar-refractivity contribution is 0.505. The lowest BCUT2D eigenvalue weighted by Crippen LogP contribution is -2.24. The summed E-state index contributed by atoms with van der Waals surface area (Å²) in [5.41, 5.74) is 9.69. The van der Waals surface area contributed by atoms with Crippen molar-refractivity contribution < 1.29 is 0 Å². The predicted octanol–water partition coefficient (Wildman–Crippen LogP) is 3.98. The first-order valence-electron chi connectivity index (χ1n) is 7.70. The van der Waals surface area contributed by atoms with Crippen molar-refractivity contribution in [1.82, 2.24) is 0 Å². The van der Waals surface area contributed by atoms with E-state index in [-0.39, 0.29) is 0 Å². The van der Waals surface area contributed by atoms with Crippen molar-refractivity contribution in [2.45, 2.75) is 37.6 Å². The molecule has 0 aliphatic heterocycles. The Balaban J connectivity index is 1.44. The molecule has 2 aliphatic rings. The fraction of sp³-hybridized carbons (Fsp3) is 0.444. The summed E-state index contributed by atoms with van der Waals surface area (Å²) in [6.07, 6.45) is 4.89. The molecule has 2 aliphatic carbocycles. The van der Waals surface area contributed by atoms with Gasteiger partial charge in [0.2, 0.25) is 0 Å². The Kier molecular flexibility index (Phi) is 3.16. The van der Waals surface area contributed by atoms with Gasteiger partial charge < -0.3 is 5.73 Å². The van der Waals surface area contributed by atoms with Crippen LogP contribution in [0.5, 0.6) is 0 Å². The van der Waals surface area contributed by atoms with Gasteiger partial charge in [0.15, 0.2) is 0 Å². The molecule has 4 unspecified atom stereocenters. The minimum Gasteiger partial charge on any atom is -0.327 e. The molecule has 0 amide bonds. The van der Waals surface area contributed by atoms with Crippen LogP contribution in [0.3, 0.4) is 0 Å². The molecular weight excluding hydrogens is 262 g/mol. The van der Waals surface area contributed by atoms with Crippen LogP contribution in [0.2, 0.25) is 0 Å². The normalized spacial score (nSPS) is 28.6. The van der Waals surface area contributed by atoms with Crippen LogP contribution >= 0.6 is 11.3 Å². The van der Waals surface area contributed by atoms with E-state index in [1.54, 1.807) is 11.1 Å². The van der Waals surface area contributed by atoms with Crippen LogP contribution in [0, 0.1) is 11.8 Å². The Hall–Kier alpha value is -1.12. The van der Waals surface area contributed by atoms with Crippen molar-refractivity contribution >= 4 is 11.3 Å². The van der Waals surface area contributed by atoms with Crippen molar-refractivity contribution in [1.29, 1.82) is 0 Å². The SMILES string of the molecule is NC(CCc1cccs1)C1C2CCc3ccccc3C21. The van der Waals surface area contributed by atoms with Gasteiger partial charge in [0.25, 0.3) is 0 Å². The Labute approximate surface area is 124 Å². The van der Waals surface area contributed by atoms with E-state index in [1.807, 2.05) is 11.3 Å². The number of nitrogens with two attached hydrogens (primary N) is 1. The van der Waals surface area contributed by atoms with Gasteiger partial charge in [0.1, 0.15) is 0 Å². The molecule has 2 N–H and O–H groups in total. The fourth-order valence-electron chi connectivity index (χ4n) is 4.16. The van der Waals surface area contributed by atoms with E-state index in [2.05, 4.69) is 41.8 Å². The quantitative estimate of drug-likeness (QED) is 0.902. The van der Waals surface area contributed by atoms with Gasteiger partial charge in [-0.1, -0.05) is 30.3 Å². The first-order valence-corrected chi connectivity index (χ1v) is 8.58. The number of fused-ring (bicyclic) bond motifs is 3. The van der Waals surface area contributed by atoms with Gasteiger partial charge in [0, 0.05) is 10.9 Å². The molecule has 1 aromatic carbocycles. The van der Waals surface area contributed by atoms with Crippen LogP contribution in [0.1, 0.15) is 34.8 Å². The van der Waals surface area contributed by atoms with Crippen molar-refractivity contribution in [3.63, 3.8) is 0 Å². The molecule has 0 spiro atoms. The topological polar surface area (TPSA) is 26.0 Å². The van der Waals surface area contributed by atoms with E-state index in [9.17, 15) is 0 Å². The van der Waals surface area contributed by atoms with Crippen LogP contribution in [0.25, 0.3) is 0 Å². The molecule has 4 atom stereocenters. The number of rotatable bonds is 4. The average Bonchev–Trinajstić information content (AvgIpc) is 3.00. The van der Waals surface area contributed by atoms with Crippen LogP contribution in [0.4, 0.5) is 0 Å². The maximum absolute atomic E-state index is 6.52. The molecule has 1 nitrogen and oxygen atoms in total. The van der Waals surface area contributed by atoms with Crippen LogP contribution in [0.15, 0.2) is 41.8 Å². The zero-order valence-electron chi connectivity index (χ0n) is 11.7. The highest BCUT2D eigenvalue weighted by Crippen LogP contribution is 2.61. The summed E-state index contributed by atoms with van der Waals surface area (Å²) in [5.74, 6) is 2.36. The van der Waals surface area contributed by atoms with E-state index >= 15 is 0 Å². The standard InChI is InChI=1S/C18H21NS/c19-16(10-8-13-5-3-11-20-13)18-15-9-7-12-4-1-2-6-14(12)17(15)18/h1-6,11,15-18H,7-10,19H2. The molecule has 0 bridgehead atoms. The zero-order valence-corrected chi connectivity index (χ0v) is 12.5. The van der Waals surface area contributed by atoms with Gasteiger partial charge in [-0.05, 0) is 66.0 Å². The third-order valence-electron chi connectivity index (χ3n) is 5.19. The maximum atomic E-state index is 6.52. The molecule has 1 aromatic heterocycles. The Bertz CT molecular complexity index is 589. The largest absolute Gasteiger partial charge is 0.327 e. The minimum absolute atomic E-state index is 0.373. The number of hydrogen-bond donors (Lipinski definition) is 1. The number of thiophene rings is 1. The average molecular weight is 283 g/mol. The zero-order chi connectivity index (χ0) is 13.5. The molecule has 0 radical (unpaired) electrons. The highest BCUT2D eigenvalue weighted by atomic mass is 32.1. The second kappa shape index (κ2) is 5.01. The van der Waals surface area contributed by atoms with Crippen molar-refractivity contribution in [3.05, 3.63) is 57.8 Å². The van der Waals surface area contributed by atoms with Gasteiger partial charge in [-0.2, -0.15) is 0 Å². The second-order valence-corrected chi connectivity index (χ2v) is 7.32. The van der Waals surface area contributed by atoms with E-state index in [4.69, 9.17) is 5.73 Å². The van der Waals surface area contributed by atoms with E-state index < -0.39 is 0 Å². The number of aryl methyl sites for hydroxylation is 2.